The molecule has 0 unspecified atom stereocenters. The van der Waals surface area contributed by atoms with Gasteiger partial charge in [-0.25, -0.2) is 4.98 Å². The molecule has 0 N–H and O–H groups in total. The van der Waals surface area contributed by atoms with Gasteiger partial charge < -0.3 is 4.90 Å². The first-order valence-electron chi connectivity index (χ1n) is 9.08. The third-order valence-electron chi connectivity index (χ3n) is 4.79. The Hall–Kier alpha value is -2.63. The molecule has 3 rings (SSSR count). The van der Waals surface area contributed by atoms with Gasteiger partial charge in [0.1, 0.15) is 3.70 Å². The summed E-state index contributed by atoms with van der Waals surface area (Å²) in [6, 6.07) is 9.76. The molecule has 168 valence electrons. The van der Waals surface area contributed by atoms with E-state index < -0.39 is 35.0 Å². The normalized spacial score (nSPS) is 12.0. The van der Waals surface area contributed by atoms with E-state index in [2.05, 4.69) is 4.98 Å². The minimum atomic E-state index is -5.05. The monoisotopic (exact) mass is 564 g/mol. The van der Waals surface area contributed by atoms with Crippen molar-refractivity contribution < 1.29 is 31.1 Å². The summed E-state index contributed by atoms with van der Waals surface area (Å²) in [7, 11) is 1.28. The summed E-state index contributed by atoms with van der Waals surface area (Å²) in [6.07, 6.45) is -8.74. The molecule has 0 atom stereocenters. The van der Waals surface area contributed by atoms with Crippen LogP contribution in [-0.2, 0) is 12.4 Å². The van der Waals surface area contributed by atoms with Crippen molar-refractivity contribution in [2.75, 3.05) is 11.9 Å². The topological polar surface area (TPSA) is 33.2 Å². The standard InChI is InChI=1S/C22H15F6IN2O/c1-12-5-3-4-6-16(12)17-10-19(29)30-11-18(17)31(2)20(32)13-7-14(21(23,24)25)9-15(8-13)22(26,27)28/h3-11H,1-2H3. The number of anilines is 1. The lowest BCUT2D eigenvalue weighted by molar-refractivity contribution is -0.143. The first-order valence-corrected chi connectivity index (χ1v) is 10.2. The molecule has 0 aliphatic carbocycles. The molecule has 1 heterocycles. The second kappa shape index (κ2) is 8.72. The highest BCUT2D eigenvalue weighted by molar-refractivity contribution is 14.1. The number of alkyl halides is 6. The van der Waals surface area contributed by atoms with Crippen LogP contribution in [0.4, 0.5) is 32.0 Å². The van der Waals surface area contributed by atoms with Crippen LogP contribution in [0.25, 0.3) is 11.1 Å². The van der Waals surface area contributed by atoms with Crippen molar-refractivity contribution in [2.24, 2.45) is 0 Å². The van der Waals surface area contributed by atoms with Crippen LogP contribution in [0.3, 0.4) is 0 Å². The zero-order chi connectivity index (χ0) is 23.8. The Balaban J connectivity index is 2.13. The number of carbonyl (C=O) groups excluding carboxylic acids is 1. The predicted molar refractivity (Wildman–Crippen MR) is 116 cm³/mol. The Kier molecular flexibility index (Phi) is 6.55. The van der Waals surface area contributed by atoms with Crippen LogP contribution in [0.15, 0.2) is 54.7 Å². The fraction of sp³-hybridized carbons (Fsp3) is 0.182. The average Bonchev–Trinajstić information content (AvgIpc) is 2.71. The quantitative estimate of drug-likeness (QED) is 0.196. The Bertz CT molecular complexity index is 1140. The molecule has 0 fully saturated rings. The predicted octanol–water partition coefficient (Wildman–Crippen LogP) is 6.98. The van der Waals surface area contributed by atoms with Gasteiger partial charge >= 0.3 is 12.4 Å². The highest BCUT2D eigenvalue weighted by Gasteiger charge is 2.38. The molecule has 0 saturated carbocycles. The average molecular weight is 564 g/mol. The third-order valence-corrected chi connectivity index (χ3v) is 5.38. The summed E-state index contributed by atoms with van der Waals surface area (Å²) in [5.74, 6) is -1.03. The number of hydrogen-bond donors (Lipinski definition) is 0. The Morgan fingerprint density at radius 1 is 0.906 bits per heavy atom. The molecule has 0 aliphatic heterocycles. The van der Waals surface area contributed by atoms with E-state index in [1.165, 1.54) is 13.2 Å². The second-order valence-corrected chi connectivity index (χ2v) is 8.10. The van der Waals surface area contributed by atoms with Gasteiger partial charge in [-0.2, -0.15) is 26.3 Å². The molecule has 0 aliphatic rings. The van der Waals surface area contributed by atoms with E-state index in [1.807, 2.05) is 41.6 Å². The lowest BCUT2D eigenvalue weighted by Gasteiger charge is -2.22. The zero-order valence-electron chi connectivity index (χ0n) is 16.6. The van der Waals surface area contributed by atoms with Gasteiger partial charge in [-0.1, -0.05) is 24.3 Å². The smallest absolute Gasteiger partial charge is 0.309 e. The second-order valence-electron chi connectivity index (χ2n) is 7.00. The molecule has 0 radical (unpaired) electrons. The van der Waals surface area contributed by atoms with Gasteiger partial charge in [0.15, 0.2) is 0 Å². The fourth-order valence-corrected chi connectivity index (χ4v) is 3.61. The van der Waals surface area contributed by atoms with Crippen molar-refractivity contribution in [3.8, 4) is 11.1 Å². The molecular weight excluding hydrogens is 549 g/mol. The van der Waals surface area contributed by atoms with Gasteiger partial charge in [0, 0.05) is 18.2 Å². The van der Waals surface area contributed by atoms with Crippen LogP contribution >= 0.6 is 22.6 Å². The molecule has 10 heteroatoms. The minimum absolute atomic E-state index is 0.0119. The molecule has 3 aromatic rings. The lowest BCUT2D eigenvalue weighted by atomic mass is 9.99. The summed E-state index contributed by atoms with van der Waals surface area (Å²) in [4.78, 5) is 18.2. The van der Waals surface area contributed by atoms with E-state index in [0.29, 0.717) is 21.4 Å². The van der Waals surface area contributed by atoms with Crippen molar-refractivity contribution in [2.45, 2.75) is 19.3 Å². The van der Waals surface area contributed by atoms with Crippen LogP contribution in [0, 0.1) is 10.6 Å². The number of halogens is 7. The number of aryl methyl sites for hydroxylation is 1. The maximum absolute atomic E-state index is 13.2. The molecule has 3 nitrogen and oxygen atoms in total. The van der Waals surface area contributed by atoms with Crippen molar-refractivity contribution in [1.82, 2.24) is 4.98 Å². The summed E-state index contributed by atoms with van der Waals surface area (Å²) >= 11 is 1.97. The molecule has 0 bridgehead atoms. The van der Waals surface area contributed by atoms with Crippen LogP contribution in [0.1, 0.15) is 27.0 Å². The van der Waals surface area contributed by atoms with Gasteiger partial charge in [0.25, 0.3) is 5.91 Å². The van der Waals surface area contributed by atoms with Gasteiger partial charge in [0.05, 0.1) is 23.0 Å². The number of benzene rings is 2. The third kappa shape index (κ3) is 5.05. The molecule has 0 saturated heterocycles. The molecular formula is C22H15F6IN2O. The van der Waals surface area contributed by atoms with E-state index in [1.54, 1.807) is 18.2 Å². The van der Waals surface area contributed by atoms with E-state index in [9.17, 15) is 31.1 Å². The number of aromatic nitrogens is 1. The Morgan fingerprint density at radius 2 is 1.47 bits per heavy atom. The van der Waals surface area contributed by atoms with Crippen LogP contribution in [0.2, 0.25) is 0 Å². The van der Waals surface area contributed by atoms with Crippen LogP contribution < -0.4 is 4.90 Å². The van der Waals surface area contributed by atoms with Crippen molar-refractivity contribution in [3.05, 3.63) is 80.7 Å². The summed E-state index contributed by atoms with van der Waals surface area (Å²) in [5, 5.41) is 0. The largest absolute Gasteiger partial charge is 0.416 e. The fourth-order valence-electron chi connectivity index (χ4n) is 3.16. The summed E-state index contributed by atoms with van der Waals surface area (Å²) in [5.41, 5.74) is -1.40. The van der Waals surface area contributed by atoms with Gasteiger partial charge in [-0.15, -0.1) is 0 Å². The first kappa shape index (κ1) is 24.0. The summed E-state index contributed by atoms with van der Waals surface area (Å²) < 4.78 is 79.8. The van der Waals surface area contributed by atoms with Crippen LogP contribution in [-0.4, -0.2) is 17.9 Å². The number of amides is 1. The van der Waals surface area contributed by atoms with E-state index >= 15 is 0 Å². The molecule has 2 aromatic carbocycles. The highest BCUT2D eigenvalue weighted by atomic mass is 127. The maximum atomic E-state index is 13.2. The number of carbonyl (C=O) groups is 1. The molecule has 1 aromatic heterocycles. The minimum Gasteiger partial charge on any atom is -0.309 e. The molecule has 32 heavy (non-hydrogen) atoms. The van der Waals surface area contributed by atoms with E-state index in [-0.39, 0.29) is 11.8 Å². The van der Waals surface area contributed by atoms with Crippen LogP contribution in [0.5, 0.6) is 0 Å². The van der Waals surface area contributed by atoms with Gasteiger partial charge in [-0.05, 0) is 64.9 Å². The Morgan fingerprint density at radius 3 is 2.00 bits per heavy atom. The number of pyridine rings is 1. The first-order chi connectivity index (χ1) is 14.8. The number of rotatable bonds is 3. The van der Waals surface area contributed by atoms with Crippen molar-refractivity contribution in [3.63, 3.8) is 0 Å². The van der Waals surface area contributed by atoms with Crippen molar-refractivity contribution >= 4 is 34.2 Å². The maximum Gasteiger partial charge on any atom is 0.416 e. The molecule has 1 amide bonds. The molecule has 0 spiro atoms. The Labute approximate surface area is 193 Å². The number of hydrogen-bond acceptors (Lipinski definition) is 2. The zero-order valence-corrected chi connectivity index (χ0v) is 18.8. The van der Waals surface area contributed by atoms with Gasteiger partial charge in [-0.3, -0.25) is 4.79 Å². The van der Waals surface area contributed by atoms with E-state index in [0.717, 1.165) is 16.0 Å². The lowest BCUT2D eigenvalue weighted by Crippen LogP contribution is -2.28. The summed E-state index contributed by atoms with van der Waals surface area (Å²) in [6.45, 7) is 1.84. The highest BCUT2D eigenvalue weighted by Crippen LogP contribution is 2.38. The van der Waals surface area contributed by atoms with Gasteiger partial charge in [0.2, 0.25) is 0 Å². The van der Waals surface area contributed by atoms with Crippen molar-refractivity contribution in [1.29, 1.82) is 0 Å². The van der Waals surface area contributed by atoms with E-state index in [4.69, 9.17) is 0 Å². The number of nitrogens with zero attached hydrogens (tertiary/aromatic N) is 2. The SMILES string of the molecule is Cc1ccccc1-c1cc(I)ncc1N(C)C(=O)c1cc(C(F)(F)F)cc(C(F)(F)F)c1.